The van der Waals surface area contributed by atoms with Gasteiger partial charge in [-0.05, 0) is 12.1 Å². The zero-order chi connectivity index (χ0) is 14.4. The van der Waals surface area contributed by atoms with Gasteiger partial charge in [0.25, 0.3) is 5.56 Å². The third-order valence-corrected chi connectivity index (χ3v) is 2.42. The van der Waals surface area contributed by atoms with Gasteiger partial charge in [0.15, 0.2) is 0 Å². The molecule has 1 aromatic carbocycles. The van der Waals surface area contributed by atoms with Crippen LogP contribution in [0.25, 0.3) is 10.9 Å². The van der Waals surface area contributed by atoms with Gasteiger partial charge in [0.2, 0.25) is 0 Å². The Bertz CT molecular complexity index is 788. The Morgan fingerprint density at radius 2 is 1.89 bits per heavy atom. The topological polar surface area (TPSA) is 92.2 Å². The van der Waals surface area contributed by atoms with Crippen LogP contribution in [0, 0.1) is 0 Å². The number of rotatable bonds is 0. The maximum atomic E-state index is 12.7. The van der Waals surface area contributed by atoms with Crippen LogP contribution in [0.1, 0.15) is 5.56 Å². The lowest BCUT2D eigenvalue weighted by Crippen LogP contribution is -2.39. The number of halogens is 3. The number of aromatic amines is 1. The number of alkyl halides is 3. The SMILES string of the molecule is O=C(O)n1c(=O)[nH]c2cccc(C(F)(F)F)c2c1=O. The second-order valence-electron chi connectivity index (χ2n) is 3.58. The first-order chi connectivity index (χ1) is 8.73. The van der Waals surface area contributed by atoms with E-state index in [9.17, 15) is 27.6 Å². The van der Waals surface area contributed by atoms with Crippen LogP contribution in [-0.4, -0.2) is 20.8 Å². The van der Waals surface area contributed by atoms with Gasteiger partial charge in [-0.1, -0.05) is 6.07 Å². The number of fused-ring (bicyclic) bond motifs is 1. The predicted molar refractivity (Wildman–Crippen MR) is 57.3 cm³/mol. The highest BCUT2D eigenvalue weighted by atomic mass is 19.4. The number of carbonyl (C=O) groups is 1. The second-order valence-corrected chi connectivity index (χ2v) is 3.58. The van der Waals surface area contributed by atoms with E-state index in [1.54, 1.807) is 0 Å². The number of hydrogen-bond donors (Lipinski definition) is 2. The highest BCUT2D eigenvalue weighted by molar-refractivity contribution is 5.83. The van der Waals surface area contributed by atoms with E-state index in [0.29, 0.717) is 6.07 Å². The van der Waals surface area contributed by atoms with Crippen molar-refractivity contribution in [1.29, 1.82) is 0 Å². The molecule has 0 bridgehead atoms. The van der Waals surface area contributed by atoms with Crippen LogP contribution in [-0.2, 0) is 6.18 Å². The van der Waals surface area contributed by atoms with E-state index >= 15 is 0 Å². The maximum Gasteiger partial charge on any atom is 0.422 e. The molecule has 0 aliphatic heterocycles. The van der Waals surface area contributed by atoms with Crippen LogP contribution in [0.4, 0.5) is 18.0 Å². The molecular formula is C10H5F3N2O4. The van der Waals surface area contributed by atoms with Gasteiger partial charge in [-0.15, -0.1) is 0 Å². The van der Waals surface area contributed by atoms with Crippen molar-refractivity contribution < 1.29 is 23.1 Å². The lowest BCUT2D eigenvalue weighted by molar-refractivity contribution is -0.136. The molecule has 0 fully saturated rings. The highest BCUT2D eigenvalue weighted by Crippen LogP contribution is 2.32. The van der Waals surface area contributed by atoms with Crippen molar-refractivity contribution in [2.75, 3.05) is 0 Å². The van der Waals surface area contributed by atoms with Gasteiger partial charge in [-0.3, -0.25) is 4.79 Å². The standard InChI is InChI=1S/C10H5F3N2O4/c11-10(12,13)4-2-1-3-5-6(4)7(16)15(9(18)19)8(17)14-5/h1-3H,(H,14,17)(H,18,19). The molecule has 1 heterocycles. The van der Waals surface area contributed by atoms with E-state index < -0.39 is 34.5 Å². The minimum atomic E-state index is -4.84. The molecule has 1 aromatic heterocycles. The molecule has 19 heavy (non-hydrogen) atoms. The molecule has 100 valence electrons. The van der Waals surface area contributed by atoms with Crippen LogP contribution in [0.5, 0.6) is 0 Å². The summed E-state index contributed by atoms with van der Waals surface area (Å²) in [4.78, 5) is 35.7. The van der Waals surface area contributed by atoms with Crippen molar-refractivity contribution in [2.45, 2.75) is 6.18 Å². The van der Waals surface area contributed by atoms with Gasteiger partial charge in [-0.25, -0.2) is 9.59 Å². The van der Waals surface area contributed by atoms with Crippen LogP contribution < -0.4 is 11.2 Å². The van der Waals surface area contributed by atoms with E-state index in [4.69, 9.17) is 5.11 Å². The normalized spacial score (nSPS) is 11.7. The lowest BCUT2D eigenvalue weighted by atomic mass is 10.1. The highest BCUT2D eigenvalue weighted by Gasteiger charge is 2.34. The molecule has 0 aliphatic rings. The summed E-state index contributed by atoms with van der Waals surface area (Å²) >= 11 is 0. The van der Waals surface area contributed by atoms with Gasteiger partial charge < -0.3 is 10.1 Å². The van der Waals surface area contributed by atoms with Crippen molar-refractivity contribution in [3.8, 4) is 0 Å². The van der Waals surface area contributed by atoms with Crippen LogP contribution >= 0.6 is 0 Å². The number of benzene rings is 1. The molecule has 6 nitrogen and oxygen atoms in total. The number of aromatic nitrogens is 2. The first-order valence-electron chi connectivity index (χ1n) is 4.82. The number of hydrogen-bond acceptors (Lipinski definition) is 3. The average Bonchev–Trinajstić information content (AvgIpc) is 2.26. The Kier molecular flexibility index (Phi) is 2.69. The zero-order valence-corrected chi connectivity index (χ0v) is 8.99. The summed E-state index contributed by atoms with van der Waals surface area (Å²) in [5, 5.41) is 7.77. The lowest BCUT2D eigenvalue weighted by Gasteiger charge is -2.10. The zero-order valence-electron chi connectivity index (χ0n) is 8.99. The summed E-state index contributed by atoms with van der Waals surface area (Å²) in [5.41, 5.74) is -4.52. The fourth-order valence-corrected chi connectivity index (χ4v) is 1.67. The first kappa shape index (κ1) is 12.9. The largest absolute Gasteiger partial charge is 0.464 e. The van der Waals surface area contributed by atoms with Crippen molar-refractivity contribution >= 4 is 17.0 Å². The molecule has 2 rings (SSSR count). The Morgan fingerprint density at radius 1 is 1.26 bits per heavy atom. The van der Waals surface area contributed by atoms with E-state index in [0.717, 1.165) is 12.1 Å². The number of nitrogens with one attached hydrogen (secondary N) is 1. The fourth-order valence-electron chi connectivity index (χ4n) is 1.67. The third-order valence-electron chi connectivity index (χ3n) is 2.42. The third kappa shape index (κ3) is 1.98. The van der Waals surface area contributed by atoms with Crippen molar-refractivity contribution in [2.24, 2.45) is 0 Å². The molecular weight excluding hydrogens is 269 g/mol. The summed E-state index contributed by atoms with van der Waals surface area (Å²) in [5.74, 6) is 0. The van der Waals surface area contributed by atoms with Crippen LogP contribution in [0.2, 0.25) is 0 Å². The number of H-pyrrole nitrogens is 1. The van der Waals surface area contributed by atoms with Gasteiger partial charge >= 0.3 is 18.0 Å². The van der Waals surface area contributed by atoms with Crippen LogP contribution in [0.3, 0.4) is 0 Å². The molecule has 2 N–H and O–H groups in total. The second kappa shape index (κ2) is 3.97. The van der Waals surface area contributed by atoms with Crippen LogP contribution in [0.15, 0.2) is 27.8 Å². The van der Waals surface area contributed by atoms with E-state index in [1.165, 1.54) is 0 Å². The van der Waals surface area contributed by atoms with E-state index in [-0.39, 0.29) is 10.1 Å². The molecule has 0 amide bonds. The fraction of sp³-hybridized carbons (Fsp3) is 0.100. The molecule has 0 unspecified atom stereocenters. The Hall–Kier alpha value is -2.58. The monoisotopic (exact) mass is 274 g/mol. The summed E-state index contributed by atoms with van der Waals surface area (Å²) in [6, 6.07) is 2.72. The van der Waals surface area contributed by atoms with Gasteiger partial charge in [0, 0.05) is 0 Å². The van der Waals surface area contributed by atoms with E-state index in [1.807, 2.05) is 4.98 Å². The Balaban J connectivity index is 3.06. The van der Waals surface area contributed by atoms with E-state index in [2.05, 4.69) is 0 Å². The predicted octanol–water partition coefficient (Wildman–Crippen LogP) is 1.23. The molecule has 0 radical (unpaired) electrons. The van der Waals surface area contributed by atoms with Gasteiger partial charge in [0.05, 0.1) is 16.5 Å². The van der Waals surface area contributed by atoms with Crippen molar-refractivity contribution in [1.82, 2.24) is 9.55 Å². The Morgan fingerprint density at radius 3 is 2.42 bits per heavy atom. The molecule has 0 spiro atoms. The van der Waals surface area contributed by atoms with Gasteiger partial charge in [0.1, 0.15) is 0 Å². The molecule has 0 atom stereocenters. The minimum Gasteiger partial charge on any atom is -0.464 e. The van der Waals surface area contributed by atoms with Gasteiger partial charge in [-0.2, -0.15) is 17.7 Å². The quantitative estimate of drug-likeness (QED) is 0.755. The maximum absolute atomic E-state index is 12.7. The Labute approximate surface area is 101 Å². The number of nitrogens with zero attached hydrogens (tertiary/aromatic N) is 1. The van der Waals surface area contributed by atoms with Crippen molar-refractivity contribution in [3.63, 3.8) is 0 Å². The summed E-state index contributed by atoms with van der Waals surface area (Å²) in [6.07, 6.45) is -6.79. The van der Waals surface area contributed by atoms with Crippen molar-refractivity contribution in [3.05, 3.63) is 44.6 Å². The molecule has 0 saturated carbocycles. The number of carboxylic acid groups (broad SMARTS) is 1. The average molecular weight is 274 g/mol. The summed E-state index contributed by atoms with van der Waals surface area (Å²) in [7, 11) is 0. The first-order valence-corrected chi connectivity index (χ1v) is 4.82. The molecule has 2 aromatic rings. The molecule has 9 heteroatoms. The minimum absolute atomic E-state index is 0.308. The molecule has 0 saturated heterocycles. The summed E-state index contributed by atoms with van der Waals surface area (Å²) < 4.78 is 37.9. The molecule has 0 aliphatic carbocycles. The smallest absolute Gasteiger partial charge is 0.422 e. The summed E-state index contributed by atoms with van der Waals surface area (Å²) in [6.45, 7) is 0.